The highest BCUT2D eigenvalue weighted by Gasteiger charge is 2.30. The fourth-order valence-corrected chi connectivity index (χ4v) is 3.19. The smallest absolute Gasteiger partial charge is 0.416 e. The number of hydrogen-bond donors (Lipinski definition) is 2. The van der Waals surface area contributed by atoms with Gasteiger partial charge < -0.3 is 15.2 Å². The molecule has 1 amide bonds. The molecule has 3 aromatic carbocycles. The molecule has 0 saturated heterocycles. The molecule has 2 N–H and O–H groups in total. The van der Waals surface area contributed by atoms with Crippen molar-refractivity contribution in [2.24, 2.45) is 0 Å². The maximum atomic E-state index is 12.8. The minimum Gasteiger partial charge on any atom is -0.489 e. The van der Waals surface area contributed by atoms with E-state index < -0.39 is 29.7 Å². The van der Waals surface area contributed by atoms with Gasteiger partial charge in [-0.3, -0.25) is 4.79 Å². The number of carboxylic acid groups (broad SMARTS) is 1. The standard InChI is InChI=1S/C25H22F3NO4/c26-25(27,28)20-8-4-7-19(13-20)15-23(30)29-22(24(31)32)14-17-9-11-21(12-10-17)33-16-18-5-2-1-3-6-18/h1-13,22H,14-16H2,(H,29,30)(H,31,32)/t22-/m0/s1. The average molecular weight is 457 g/mol. The Bertz CT molecular complexity index is 1080. The molecule has 172 valence electrons. The highest BCUT2D eigenvalue weighted by Crippen LogP contribution is 2.29. The Morgan fingerprint density at radius 1 is 0.879 bits per heavy atom. The molecular formula is C25H22F3NO4. The van der Waals surface area contributed by atoms with Gasteiger partial charge in [-0.05, 0) is 34.9 Å². The van der Waals surface area contributed by atoms with Gasteiger partial charge in [0, 0.05) is 6.42 Å². The van der Waals surface area contributed by atoms with E-state index in [4.69, 9.17) is 4.74 Å². The molecular weight excluding hydrogens is 435 g/mol. The van der Waals surface area contributed by atoms with Crippen molar-refractivity contribution in [3.8, 4) is 5.75 Å². The van der Waals surface area contributed by atoms with Crippen molar-refractivity contribution >= 4 is 11.9 Å². The Balaban J connectivity index is 1.57. The normalized spacial score (nSPS) is 12.1. The Morgan fingerprint density at radius 3 is 2.18 bits per heavy atom. The summed E-state index contributed by atoms with van der Waals surface area (Å²) in [6.07, 6.45) is -4.87. The van der Waals surface area contributed by atoms with Gasteiger partial charge >= 0.3 is 12.1 Å². The predicted octanol–water partition coefficient (Wildman–Crippen LogP) is 4.64. The molecule has 3 aromatic rings. The van der Waals surface area contributed by atoms with Crippen molar-refractivity contribution in [3.63, 3.8) is 0 Å². The van der Waals surface area contributed by atoms with E-state index >= 15 is 0 Å². The molecule has 0 radical (unpaired) electrons. The Hall–Kier alpha value is -3.81. The lowest BCUT2D eigenvalue weighted by Gasteiger charge is -2.15. The van der Waals surface area contributed by atoms with Crippen molar-refractivity contribution in [2.75, 3.05) is 0 Å². The summed E-state index contributed by atoms with van der Waals surface area (Å²) in [5.41, 5.74) is 0.952. The summed E-state index contributed by atoms with van der Waals surface area (Å²) in [6, 6.07) is 19.6. The SMILES string of the molecule is O=C(Cc1cccc(C(F)(F)F)c1)N[C@@H](Cc1ccc(OCc2ccccc2)cc1)C(=O)O. The molecule has 0 aliphatic heterocycles. The van der Waals surface area contributed by atoms with E-state index in [-0.39, 0.29) is 18.4 Å². The molecule has 0 unspecified atom stereocenters. The average Bonchev–Trinajstić information content (AvgIpc) is 2.78. The summed E-state index contributed by atoms with van der Waals surface area (Å²) in [5.74, 6) is -1.30. The highest BCUT2D eigenvalue weighted by atomic mass is 19.4. The lowest BCUT2D eigenvalue weighted by atomic mass is 10.0. The molecule has 0 bridgehead atoms. The summed E-state index contributed by atoms with van der Waals surface area (Å²) in [6.45, 7) is 0.392. The molecule has 0 heterocycles. The van der Waals surface area contributed by atoms with E-state index in [0.717, 1.165) is 17.7 Å². The Morgan fingerprint density at radius 2 is 1.55 bits per heavy atom. The molecule has 0 aliphatic carbocycles. The van der Waals surface area contributed by atoms with E-state index in [2.05, 4.69) is 5.32 Å². The fourth-order valence-electron chi connectivity index (χ4n) is 3.19. The second-order valence-corrected chi connectivity index (χ2v) is 7.46. The van der Waals surface area contributed by atoms with Crippen LogP contribution in [0.25, 0.3) is 0 Å². The van der Waals surface area contributed by atoms with Gasteiger partial charge in [0.2, 0.25) is 5.91 Å². The third kappa shape index (κ3) is 7.38. The van der Waals surface area contributed by atoms with E-state index in [1.54, 1.807) is 24.3 Å². The van der Waals surface area contributed by atoms with E-state index in [0.29, 0.717) is 17.9 Å². The van der Waals surface area contributed by atoms with Crippen LogP contribution in [-0.4, -0.2) is 23.0 Å². The monoisotopic (exact) mass is 457 g/mol. The second kappa shape index (κ2) is 10.7. The van der Waals surface area contributed by atoms with Gasteiger partial charge in [0.05, 0.1) is 12.0 Å². The Labute approximate surface area is 188 Å². The molecule has 0 fully saturated rings. The van der Waals surface area contributed by atoms with E-state index in [9.17, 15) is 27.9 Å². The summed E-state index contributed by atoms with van der Waals surface area (Å²) in [4.78, 5) is 23.9. The highest BCUT2D eigenvalue weighted by molar-refractivity contribution is 5.85. The third-order valence-corrected chi connectivity index (χ3v) is 4.86. The maximum Gasteiger partial charge on any atom is 0.416 e. The fraction of sp³-hybridized carbons (Fsp3) is 0.200. The summed E-state index contributed by atoms with van der Waals surface area (Å²) in [5, 5.41) is 11.9. The van der Waals surface area contributed by atoms with Crippen LogP contribution < -0.4 is 10.1 Å². The number of nitrogens with one attached hydrogen (secondary N) is 1. The first kappa shape index (κ1) is 23.8. The van der Waals surface area contributed by atoms with Crippen LogP contribution in [0.5, 0.6) is 5.75 Å². The third-order valence-electron chi connectivity index (χ3n) is 4.86. The molecule has 5 nitrogen and oxygen atoms in total. The van der Waals surface area contributed by atoms with Crippen LogP contribution in [0.4, 0.5) is 13.2 Å². The van der Waals surface area contributed by atoms with Gasteiger partial charge in [-0.2, -0.15) is 13.2 Å². The van der Waals surface area contributed by atoms with Crippen molar-refractivity contribution in [1.82, 2.24) is 5.32 Å². The van der Waals surface area contributed by atoms with Crippen LogP contribution in [0.2, 0.25) is 0 Å². The van der Waals surface area contributed by atoms with Gasteiger partial charge in [-0.25, -0.2) is 4.79 Å². The number of alkyl halides is 3. The zero-order valence-corrected chi connectivity index (χ0v) is 17.5. The number of benzene rings is 3. The summed E-state index contributed by atoms with van der Waals surface area (Å²) in [7, 11) is 0. The topological polar surface area (TPSA) is 75.6 Å². The number of carbonyl (C=O) groups excluding carboxylic acids is 1. The number of rotatable bonds is 9. The van der Waals surface area contributed by atoms with Crippen molar-refractivity contribution in [3.05, 3.63) is 101 Å². The van der Waals surface area contributed by atoms with E-state index in [1.807, 2.05) is 30.3 Å². The molecule has 0 aromatic heterocycles. The molecule has 0 spiro atoms. The minimum atomic E-state index is -4.52. The second-order valence-electron chi connectivity index (χ2n) is 7.46. The zero-order valence-electron chi connectivity index (χ0n) is 17.5. The number of aliphatic carboxylic acids is 1. The van der Waals surface area contributed by atoms with Crippen LogP contribution >= 0.6 is 0 Å². The maximum absolute atomic E-state index is 12.8. The molecule has 33 heavy (non-hydrogen) atoms. The number of ether oxygens (including phenoxy) is 1. The number of hydrogen-bond acceptors (Lipinski definition) is 3. The lowest BCUT2D eigenvalue weighted by Crippen LogP contribution is -2.43. The van der Waals surface area contributed by atoms with Crippen LogP contribution in [0.3, 0.4) is 0 Å². The first-order valence-electron chi connectivity index (χ1n) is 10.1. The molecule has 0 saturated carbocycles. The number of amides is 1. The predicted molar refractivity (Wildman–Crippen MR) is 116 cm³/mol. The van der Waals surface area contributed by atoms with Crippen LogP contribution in [0, 0.1) is 0 Å². The van der Waals surface area contributed by atoms with Gasteiger partial charge in [0.25, 0.3) is 0 Å². The summed E-state index contributed by atoms with van der Waals surface area (Å²) >= 11 is 0. The van der Waals surface area contributed by atoms with Crippen molar-refractivity contribution < 1.29 is 32.6 Å². The number of carboxylic acids is 1. The van der Waals surface area contributed by atoms with Crippen molar-refractivity contribution in [2.45, 2.75) is 31.7 Å². The first-order valence-corrected chi connectivity index (χ1v) is 10.1. The quantitative estimate of drug-likeness (QED) is 0.491. The van der Waals surface area contributed by atoms with Gasteiger partial charge in [-0.1, -0.05) is 60.7 Å². The largest absolute Gasteiger partial charge is 0.489 e. The lowest BCUT2D eigenvalue weighted by molar-refractivity contribution is -0.141. The molecule has 3 rings (SSSR count). The molecule has 1 atom stereocenters. The van der Waals surface area contributed by atoms with Gasteiger partial charge in [-0.15, -0.1) is 0 Å². The summed E-state index contributed by atoms with van der Waals surface area (Å²) < 4.78 is 44.2. The minimum absolute atomic E-state index is 0.0165. The first-order chi connectivity index (χ1) is 15.7. The molecule has 8 heteroatoms. The number of carbonyl (C=O) groups is 2. The van der Waals surface area contributed by atoms with Crippen molar-refractivity contribution in [1.29, 1.82) is 0 Å². The van der Waals surface area contributed by atoms with Crippen LogP contribution in [-0.2, 0) is 35.2 Å². The zero-order chi connectivity index (χ0) is 23.8. The van der Waals surface area contributed by atoms with Crippen LogP contribution in [0.15, 0.2) is 78.9 Å². The van der Waals surface area contributed by atoms with Gasteiger partial charge in [0.1, 0.15) is 18.4 Å². The number of halogens is 3. The molecule has 0 aliphatic rings. The van der Waals surface area contributed by atoms with E-state index in [1.165, 1.54) is 12.1 Å². The Kier molecular flexibility index (Phi) is 7.71. The van der Waals surface area contributed by atoms with Gasteiger partial charge in [0.15, 0.2) is 0 Å². The van der Waals surface area contributed by atoms with Crippen LogP contribution in [0.1, 0.15) is 22.3 Å².